The van der Waals surface area contributed by atoms with Gasteiger partial charge in [0.15, 0.2) is 0 Å². The highest BCUT2D eigenvalue weighted by atomic mass is 16.2. The third-order valence-corrected chi connectivity index (χ3v) is 2.10. The fourth-order valence-corrected chi connectivity index (χ4v) is 1.12. The Hall–Kier alpha value is -1.26. The number of nitrogens with one attached hydrogen (secondary N) is 1. The number of rotatable bonds is 4. The summed E-state index contributed by atoms with van der Waals surface area (Å²) in [6.45, 7) is 7.75. The van der Waals surface area contributed by atoms with Gasteiger partial charge in [0.05, 0.1) is 0 Å². The van der Waals surface area contributed by atoms with Crippen LogP contribution in [0.25, 0.3) is 0 Å². The predicted octanol–water partition coefficient (Wildman–Crippen LogP) is 1.72. The number of likely N-dealkylation sites (N-methyl/N-ethyl adjacent to an activating group) is 1. The molecule has 3 N–H and O–H groups in total. The van der Waals surface area contributed by atoms with Crippen LogP contribution in [0, 0.1) is 0 Å². The van der Waals surface area contributed by atoms with Crippen molar-refractivity contribution in [1.82, 2.24) is 10.2 Å². The van der Waals surface area contributed by atoms with Crippen molar-refractivity contribution in [1.29, 1.82) is 0 Å². The lowest BCUT2D eigenvalue weighted by Gasteiger charge is -2.01. The second-order valence-corrected chi connectivity index (χ2v) is 3.58. The highest BCUT2D eigenvalue weighted by Gasteiger charge is 2.12. The van der Waals surface area contributed by atoms with E-state index in [0.29, 0.717) is 6.42 Å². The summed E-state index contributed by atoms with van der Waals surface area (Å²) in [5, 5.41) is 2.66. The molecule has 0 aromatic heterocycles. The van der Waals surface area contributed by atoms with Crippen molar-refractivity contribution < 1.29 is 9.59 Å². The van der Waals surface area contributed by atoms with Gasteiger partial charge in [-0.1, -0.05) is 33.6 Å². The topological polar surface area (TPSA) is 75.4 Å². The molecular formula is C12H27N3O2. The van der Waals surface area contributed by atoms with E-state index < -0.39 is 0 Å². The summed E-state index contributed by atoms with van der Waals surface area (Å²) < 4.78 is 0. The van der Waals surface area contributed by atoms with E-state index in [2.05, 4.69) is 12.2 Å². The lowest BCUT2D eigenvalue weighted by Crippen LogP contribution is -2.23. The van der Waals surface area contributed by atoms with Gasteiger partial charge in [-0.2, -0.15) is 0 Å². The van der Waals surface area contributed by atoms with Crippen LogP contribution in [0.1, 0.15) is 46.5 Å². The Morgan fingerprint density at radius 1 is 1.41 bits per heavy atom. The number of nitrogens with zero attached hydrogens (tertiary/aromatic N) is 1. The van der Waals surface area contributed by atoms with E-state index in [9.17, 15) is 9.59 Å². The van der Waals surface area contributed by atoms with E-state index in [1.807, 2.05) is 13.8 Å². The van der Waals surface area contributed by atoms with E-state index in [4.69, 9.17) is 5.73 Å². The summed E-state index contributed by atoms with van der Waals surface area (Å²) in [4.78, 5) is 22.1. The highest BCUT2D eigenvalue weighted by Crippen LogP contribution is 1.96. The van der Waals surface area contributed by atoms with E-state index in [1.54, 1.807) is 11.9 Å². The van der Waals surface area contributed by atoms with Crippen LogP contribution in [0.2, 0.25) is 0 Å². The average Bonchev–Trinajstić information content (AvgIpc) is 2.67. The van der Waals surface area contributed by atoms with Crippen molar-refractivity contribution in [2.75, 3.05) is 20.1 Å². The molecule has 0 aromatic carbocycles. The molecule has 1 rings (SSSR count). The zero-order chi connectivity index (χ0) is 13.7. The monoisotopic (exact) mass is 245 g/mol. The first-order valence-electron chi connectivity index (χ1n) is 6.35. The molecule has 102 valence electrons. The number of hydrogen-bond acceptors (Lipinski definition) is 2. The summed E-state index contributed by atoms with van der Waals surface area (Å²) >= 11 is 0. The second kappa shape index (κ2) is 12.8. The van der Waals surface area contributed by atoms with Gasteiger partial charge in [-0.15, -0.1) is 0 Å². The minimum atomic E-state index is -0.182. The number of primary amides is 1. The molecule has 0 unspecified atom stereocenters. The molecule has 0 aromatic rings. The first-order chi connectivity index (χ1) is 8.07. The highest BCUT2D eigenvalue weighted by molar-refractivity contribution is 5.75. The Bertz CT molecular complexity index is 208. The van der Waals surface area contributed by atoms with Crippen molar-refractivity contribution in [3.8, 4) is 0 Å². The second-order valence-electron chi connectivity index (χ2n) is 3.58. The number of urea groups is 1. The molecule has 17 heavy (non-hydrogen) atoms. The van der Waals surface area contributed by atoms with Crippen LogP contribution in [-0.2, 0) is 4.79 Å². The molecular weight excluding hydrogens is 218 g/mol. The zero-order valence-corrected chi connectivity index (χ0v) is 11.6. The van der Waals surface area contributed by atoms with Gasteiger partial charge in [0.1, 0.15) is 0 Å². The number of carbonyl (C=O) groups is 2. The van der Waals surface area contributed by atoms with E-state index in [-0.39, 0.29) is 11.9 Å². The third kappa shape index (κ3) is 12.7. The fourth-order valence-electron chi connectivity index (χ4n) is 1.12. The smallest absolute Gasteiger partial charge is 0.317 e. The largest absolute Gasteiger partial charge is 0.370 e. The molecule has 1 aliphatic rings. The number of unbranched alkanes of at least 4 members (excludes halogenated alkanes) is 2. The summed E-state index contributed by atoms with van der Waals surface area (Å²) in [5.41, 5.74) is 4.89. The van der Waals surface area contributed by atoms with E-state index >= 15 is 0 Å². The maximum atomic E-state index is 10.4. The summed E-state index contributed by atoms with van der Waals surface area (Å²) in [6, 6.07) is 0.0417. The Kier molecular flexibility index (Phi) is 13.6. The van der Waals surface area contributed by atoms with E-state index in [1.165, 1.54) is 0 Å². The molecule has 0 saturated carbocycles. The average molecular weight is 245 g/mol. The van der Waals surface area contributed by atoms with Crippen LogP contribution >= 0.6 is 0 Å². The van der Waals surface area contributed by atoms with Crippen molar-refractivity contribution >= 4 is 11.9 Å². The molecule has 1 heterocycles. The van der Waals surface area contributed by atoms with Crippen LogP contribution in [0.4, 0.5) is 4.79 Å². The lowest BCUT2D eigenvalue weighted by atomic mass is 10.2. The molecule has 0 radical (unpaired) electrons. The first-order valence-corrected chi connectivity index (χ1v) is 6.35. The van der Waals surface area contributed by atoms with Crippen molar-refractivity contribution in [2.45, 2.75) is 46.5 Å². The van der Waals surface area contributed by atoms with Gasteiger partial charge in [-0.05, 0) is 6.42 Å². The molecule has 5 nitrogen and oxygen atoms in total. The molecule has 0 spiro atoms. The van der Waals surface area contributed by atoms with Gasteiger partial charge in [-0.25, -0.2) is 4.79 Å². The number of carbonyl (C=O) groups excluding carboxylic acids is 2. The van der Waals surface area contributed by atoms with Crippen LogP contribution in [0.5, 0.6) is 0 Å². The number of amides is 3. The maximum Gasteiger partial charge on any atom is 0.317 e. The van der Waals surface area contributed by atoms with Crippen molar-refractivity contribution in [3.05, 3.63) is 0 Å². The summed E-state index contributed by atoms with van der Waals surface area (Å²) in [5.74, 6) is -0.182. The number of hydrogen-bond donors (Lipinski definition) is 2. The molecule has 1 saturated heterocycles. The van der Waals surface area contributed by atoms with Gasteiger partial charge in [0.25, 0.3) is 0 Å². The first kappa shape index (κ1) is 18.1. The molecule has 3 amide bonds. The maximum absolute atomic E-state index is 10.4. The lowest BCUT2D eigenvalue weighted by molar-refractivity contribution is -0.118. The molecule has 0 aliphatic carbocycles. The molecule has 0 bridgehead atoms. The Morgan fingerprint density at radius 2 is 2.00 bits per heavy atom. The molecule has 1 aliphatic heterocycles. The van der Waals surface area contributed by atoms with Crippen LogP contribution in [0.3, 0.4) is 0 Å². The zero-order valence-electron chi connectivity index (χ0n) is 11.6. The minimum Gasteiger partial charge on any atom is -0.370 e. The number of nitrogens with two attached hydrogens (primary N) is 1. The van der Waals surface area contributed by atoms with Crippen molar-refractivity contribution in [3.63, 3.8) is 0 Å². The van der Waals surface area contributed by atoms with Crippen LogP contribution < -0.4 is 11.1 Å². The molecule has 0 atom stereocenters. The predicted molar refractivity (Wildman–Crippen MR) is 70.7 cm³/mol. The fraction of sp³-hybridized carbons (Fsp3) is 0.833. The van der Waals surface area contributed by atoms with Gasteiger partial charge in [-0.3, -0.25) is 4.79 Å². The normalized spacial score (nSPS) is 12.9. The Labute approximate surface area is 105 Å². The standard InChI is InChI=1S/C6H13NO.C4H8N2O.C2H6/c1-2-3-4-5-6(7)8;1-6-3-2-5-4(6)7;1-2/h2-5H2,1H3,(H2,7,8);2-3H2,1H3,(H,5,7);1-2H3. The van der Waals surface area contributed by atoms with Gasteiger partial charge < -0.3 is 16.0 Å². The van der Waals surface area contributed by atoms with Crippen molar-refractivity contribution in [2.24, 2.45) is 5.73 Å². The summed E-state index contributed by atoms with van der Waals surface area (Å²) in [7, 11) is 1.78. The van der Waals surface area contributed by atoms with Gasteiger partial charge in [0, 0.05) is 26.6 Å². The third-order valence-electron chi connectivity index (χ3n) is 2.10. The van der Waals surface area contributed by atoms with Crippen LogP contribution in [-0.4, -0.2) is 37.0 Å². The van der Waals surface area contributed by atoms with Gasteiger partial charge in [0.2, 0.25) is 5.91 Å². The summed E-state index contributed by atoms with van der Waals surface area (Å²) in [6.07, 6.45) is 3.76. The molecule has 1 fully saturated rings. The molecule has 5 heteroatoms. The Morgan fingerprint density at radius 3 is 2.24 bits per heavy atom. The van der Waals surface area contributed by atoms with Gasteiger partial charge >= 0.3 is 6.03 Å². The quantitative estimate of drug-likeness (QED) is 0.740. The van der Waals surface area contributed by atoms with Crippen LogP contribution in [0.15, 0.2) is 0 Å². The Balaban J connectivity index is 0. The minimum absolute atomic E-state index is 0.0417. The SMILES string of the molecule is CC.CCCCCC(N)=O.CN1CCNC1=O. The van der Waals surface area contributed by atoms with E-state index in [0.717, 1.165) is 32.4 Å².